The molecule has 0 heterocycles. The zero-order chi connectivity index (χ0) is 14.7. The number of benzene rings is 2. The molecule has 0 amide bonds. The van der Waals surface area contributed by atoms with Gasteiger partial charge in [-0.3, -0.25) is 0 Å². The number of nitrogens with one attached hydrogen (secondary N) is 1. The van der Waals surface area contributed by atoms with Crippen molar-refractivity contribution in [3.8, 4) is 0 Å². The minimum Gasteiger partial charge on any atom is -0.313 e. The van der Waals surface area contributed by atoms with Crippen molar-refractivity contribution >= 4 is 0 Å². The zero-order valence-corrected chi connectivity index (χ0v) is 11.4. The molecule has 4 heteroatoms. The van der Waals surface area contributed by atoms with E-state index < -0.39 is 11.6 Å². The molecule has 1 N–H and O–H groups in total. The first-order valence-electron chi connectivity index (χ1n) is 6.39. The van der Waals surface area contributed by atoms with E-state index in [0.29, 0.717) is 16.7 Å². The lowest BCUT2D eigenvalue weighted by atomic mass is 9.96. The molecule has 0 saturated carbocycles. The monoisotopic (exact) mass is 279 g/mol. The molecule has 1 atom stereocenters. The van der Waals surface area contributed by atoms with Gasteiger partial charge >= 0.3 is 0 Å². The summed E-state index contributed by atoms with van der Waals surface area (Å²) in [7, 11) is 1.69. The smallest absolute Gasteiger partial charge is 0.130 e. The van der Waals surface area contributed by atoms with Crippen molar-refractivity contribution in [2.45, 2.75) is 19.4 Å². The highest BCUT2D eigenvalue weighted by Crippen LogP contribution is 2.24. The molecule has 0 spiro atoms. The van der Waals surface area contributed by atoms with E-state index in [-0.39, 0.29) is 18.3 Å². The Balaban J connectivity index is 2.31. The van der Waals surface area contributed by atoms with Crippen LogP contribution in [0.1, 0.15) is 22.7 Å². The van der Waals surface area contributed by atoms with Crippen molar-refractivity contribution in [1.82, 2.24) is 5.32 Å². The van der Waals surface area contributed by atoms with E-state index in [2.05, 4.69) is 5.32 Å². The molecule has 0 aromatic heterocycles. The van der Waals surface area contributed by atoms with Crippen molar-refractivity contribution in [3.63, 3.8) is 0 Å². The molecular formula is C16H16F3N. The number of likely N-dealkylation sites (N-methyl/N-ethyl adjacent to an activating group) is 1. The van der Waals surface area contributed by atoms with Crippen LogP contribution in [0.3, 0.4) is 0 Å². The third-order valence-electron chi connectivity index (χ3n) is 3.38. The Morgan fingerprint density at radius 2 is 1.85 bits per heavy atom. The van der Waals surface area contributed by atoms with Gasteiger partial charge in [0.25, 0.3) is 0 Å². The molecule has 0 radical (unpaired) electrons. The van der Waals surface area contributed by atoms with Crippen LogP contribution in [-0.4, -0.2) is 7.05 Å². The zero-order valence-electron chi connectivity index (χ0n) is 11.4. The fourth-order valence-corrected chi connectivity index (χ4v) is 2.21. The van der Waals surface area contributed by atoms with Gasteiger partial charge in [0, 0.05) is 17.7 Å². The highest BCUT2D eigenvalue weighted by atomic mass is 19.1. The first-order valence-corrected chi connectivity index (χ1v) is 6.39. The van der Waals surface area contributed by atoms with Crippen LogP contribution in [-0.2, 0) is 6.42 Å². The van der Waals surface area contributed by atoms with E-state index in [4.69, 9.17) is 0 Å². The lowest BCUT2D eigenvalue weighted by Gasteiger charge is -2.18. The largest absolute Gasteiger partial charge is 0.313 e. The fourth-order valence-electron chi connectivity index (χ4n) is 2.21. The minimum absolute atomic E-state index is 0.253. The van der Waals surface area contributed by atoms with Gasteiger partial charge in [-0.25, -0.2) is 13.2 Å². The molecule has 0 fully saturated rings. The average molecular weight is 279 g/mol. The van der Waals surface area contributed by atoms with Crippen molar-refractivity contribution in [3.05, 3.63) is 70.5 Å². The topological polar surface area (TPSA) is 12.0 Å². The number of rotatable bonds is 4. The van der Waals surface area contributed by atoms with Crippen LogP contribution < -0.4 is 5.32 Å². The van der Waals surface area contributed by atoms with E-state index in [1.807, 2.05) is 0 Å². The van der Waals surface area contributed by atoms with Crippen LogP contribution in [0.2, 0.25) is 0 Å². The normalized spacial score (nSPS) is 12.4. The molecule has 106 valence electrons. The van der Waals surface area contributed by atoms with E-state index in [1.165, 1.54) is 12.1 Å². The van der Waals surface area contributed by atoms with Crippen LogP contribution in [0.25, 0.3) is 0 Å². The molecule has 0 aliphatic carbocycles. The second-order valence-corrected chi connectivity index (χ2v) is 4.76. The molecular weight excluding hydrogens is 263 g/mol. The summed E-state index contributed by atoms with van der Waals surface area (Å²) in [6.45, 7) is 1.68. The lowest BCUT2D eigenvalue weighted by Crippen LogP contribution is -2.21. The van der Waals surface area contributed by atoms with Gasteiger partial charge in [-0.05, 0) is 37.6 Å². The molecule has 2 rings (SSSR count). The maximum Gasteiger partial charge on any atom is 0.130 e. The highest BCUT2D eigenvalue weighted by Gasteiger charge is 2.17. The Labute approximate surface area is 116 Å². The molecule has 0 saturated heterocycles. The van der Waals surface area contributed by atoms with Crippen molar-refractivity contribution < 1.29 is 13.2 Å². The number of hydrogen-bond acceptors (Lipinski definition) is 1. The second kappa shape index (κ2) is 6.09. The van der Waals surface area contributed by atoms with Crippen LogP contribution in [0.15, 0.2) is 36.4 Å². The summed E-state index contributed by atoms with van der Waals surface area (Å²) in [5.41, 5.74) is 1.38. The van der Waals surface area contributed by atoms with E-state index >= 15 is 0 Å². The summed E-state index contributed by atoms with van der Waals surface area (Å²) < 4.78 is 40.7. The van der Waals surface area contributed by atoms with Crippen LogP contribution in [0, 0.1) is 24.4 Å². The Bertz CT molecular complexity index is 611. The third-order valence-corrected chi connectivity index (χ3v) is 3.38. The van der Waals surface area contributed by atoms with Gasteiger partial charge in [0.05, 0.1) is 0 Å². The van der Waals surface area contributed by atoms with Gasteiger partial charge in [0.2, 0.25) is 0 Å². The van der Waals surface area contributed by atoms with Crippen LogP contribution in [0.4, 0.5) is 13.2 Å². The van der Waals surface area contributed by atoms with Crippen molar-refractivity contribution in [1.29, 1.82) is 0 Å². The summed E-state index contributed by atoms with van der Waals surface area (Å²) in [6.07, 6.45) is 0.253. The molecule has 0 aliphatic rings. The minimum atomic E-state index is -0.617. The van der Waals surface area contributed by atoms with Gasteiger partial charge in [0.1, 0.15) is 17.5 Å². The summed E-state index contributed by atoms with van der Waals surface area (Å²) in [4.78, 5) is 0. The summed E-state index contributed by atoms with van der Waals surface area (Å²) in [5, 5.41) is 2.98. The number of halogens is 3. The Morgan fingerprint density at radius 1 is 1.10 bits per heavy atom. The molecule has 2 aromatic rings. The van der Waals surface area contributed by atoms with Gasteiger partial charge < -0.3 is 5.32 Å². The second-order valence-electron chi connectivity index (χ2n) is 4.76. The fraction of sp³-hybridized carbons (Fsp3) is 0.250. The van der Waals surface area contributed by atoms with E-state index in [0.717, 1.165) is 6.07 Å². The molecule has 2 aromatic carbocycles. The maximum absolute atomic E-state index is 14.1. The molecule has 1 unspecified atom stereocenters. The summed E-state index contributed by atoms with van der Waals surface area (Å²) >= 11 is 0. The molecule has 1 nitrogen and oxygen atoms in total. The lowest BCUT2D eigenvalue weighted by molar-refractivity contribution is 0.512. The predicted molar refractivity (Wildman–Crippen MR) is 73.0 cm³/mol. The Kier molecular flexibility index (Phi) is 4.45. The van der Waals surface area contributed by atoms with Gasteiger partial charge in [-0.1, -0.05) is 24.3 Å². The van der Waals surface area contributed by atoms with Gasteiger partial charge in [0.15, 0.2) is 0 Å². The Morgan fingerprint density at radius 3 is 2.50 bits per heavy atom. The standard InChI is InChI=1S/C16H16F3N/c1-10-4-3-5-13(16(10)19)15(20-2)8-11-6-7-12(17)9-14(11)18/h3-7,9,15,20H,8H2,1-2H3. The SMILES string of the molecule is CNC(Cc1ccc(F)cc1F)c1cccc(C)c1F. The quantitative estimate of drug-likeness (QED) is 0.894. The third kappa shape index (κ3) is 3.02. The first kappa shape index (κ1) is 14.6. The van der Waals surface area contributed by atoms with Gasteiger partial charge in [-0.15, -0.1) is 0 Å². The summed E-state index contributed by atoms with van der Waals surface area (Å²) in [6, 6.07) is 8.19. The molecule has 0 bridgehead atoms. The average Bonchev–Trinajstić information content (AvgIpc) is 2.42. The molecule has 20 heavy (non-hydrogen) atoms. The predicted octanol–water partition coefficient (Wildman–Crippen LogP) is 3.92. The van der Waals surface area contributed by atoms with Crippen LogP contribution >= 0.6 is 0 Å². The Hall–Kier alpha value is -1.81. The highest BCUT2D eigenvalue weighted by molar-refractivity contribution is 5.30. The maximum atomic E-state index is 14.1. The summed E-state index contributed by atoms with van der Waals surface area (Å²) in [5.74, 6) is -1.53. The van der Waals surface area contributed by atoms with Gasteiger partial charge in [-0.2, -0.15) is 0 Å². The van der Waals surface area contributed by atoms with Crippen molar-refractivity contribution in [2.75, 3.05) is 7.05 Å². The van der Waals surface area contributed by atoms with E-state index in [9.17, 15) is 13.2 Å². The van der Waals surface area contributed by atoms with Crippen molar-refractivity contribution in [2.24, 2.45) is 0 Å². The number of hydrogen-bond donors (Lipinski definition) is 1. The number of aryl methyl sites for hydroxylation is 1. The van der Waals surface area contributed by atoms with Crippen LogP contribution in [0.5, 0.6) is 0 Å². The van der Waals surface area contributed by atoms with E-state index in [1.54, 1.807) is 32.2 Å². The molecule has 0 aliphatic heterocycles. The first-order chi connectivity index (χ1) is 9.52.